The Hall–Kier alpha value is -0.140. The van der Waals surface area contributed by atoms with Crippen molar-refractivity contribution in [2.75, 3.05) is 0 Å². The summed E-state index contributed by atoms with van der Waals surface area (Å²) in [7, 11) is 0. The summed E-state index contributed by atoms with van der Waals surface area (Å²) in [6.45, 7) is 2.18. The van der Waals surface area contributed by atoms with Gasteiger partial charge in [-0.2, -0.15) is 0 Å². The summed E-state index contributed by atoms with van der Waals surface area (Å²) in [6, 6.07) is 0. The van der Waals surface area contributed by atoms with Crippen LogP contribution in [0.5, 0.6) is 0 Å². The number of halogens is 2. The van der Waals surface area contributed by atoms with Crippen LogP contribution in [0.2, 0.25) is 0 Å². The van der Waals surface area contributed by atoms with Gasteiger partial charge in [0.25, 0.3) is 5.92 Å². The van der Waals surface area contributed by atoms with Gasteiger partial charge in [-0.3, -0.25) is 0 Å². The Morgan fingerprint density at radius 2 is 1.83 bits per heavy atom. The van der Waals surface area contributed by atoms with Crippen molar-refractivity contribution in [1.82, 2.24) is 0 Å². The van der Waals surface area contributed by atoms with Gasteiger partial charge < -0.3 is 0 Å². The number of hydrogen-bond acceptors (Lipinski definition) is 0. The molecular weight excluding hydrogens is 158 g/mol. The lowest BCUT2D eigenvalue weighted by Crippen LogP contribution is -2.09. The summed E-state index contributed by atoms with van der Waals surface area (Å²) in [5.74, 6) is -1.64. The highest BCUT2D eigenvalue weighted by molar-refractivity contribution is 5.10. The van der Waals surface area contributed by atoms with Crippen molar-refractivity contribution in [3.05, 3.63) is 0 Å². The monoisotopic (exact) mass is 174 g/mol. The van der Waals surface area contributed by atoms with E-state index in [-0.39, 0.29) is 6.42 Å². The molecule has 12 heavy (non-hydrogen) atoms. The minimum Gasteiger partial charge on any atom is -0.206 e. The van der Waals surface area contributed by atoms with Crippen molar-refractivity contribution in [2.45, 2.75) is 51.4 Å². The van der Waals surface area contributed by atoms with Crippen LogP contribution < -0.4 is 0 Å². The van der Waals surface area contributed by atoms with E-state index in [0.717, 1.165) is 32.1 Å². The summed E-state index contributed by atoms with van der Waals surface area (Å²) in [5.41, 5.74) is -0.544. The summed E-state index contributed by atoms with van der Waals surface area (Å²) >= 11 is 0. The molecular formula is C10H16F2. The molecule has 0 aromatic heterocycles. The van der Waals surface area contributed by atoms with Crippen molar-refractivity contribution in [2.24, 2.45) is 11.3 Å². The Bertz CT molecular complexity index is 188. The molecule has 0 aromatic rings. The fourth-order valence-corrected chi connectivity index (χ4v) is 2.50. The fourth-order valence-electron chi connectivity index (χ4n) is 2.50. The lowest BCUT2D eigenvalue weighted by Gasteiger charge is -2.11. The molecule has 0 heterocycles. The average molecular weight is 174 g/mol. The summed E-state index contributed by atoms with van der Waals surface area (Å²) in [4.78, 5) is 0. The molecule has 2 aliphatic carbocycles. The standard InChI is InChI=1S/C10H16F2/c1-8-3-2-5-9(6-4-8)7-10(9,11)12/h8H,2-7H2,1H3. The normalized spacial score (nSPS) is 45.8. The molecule has 0 aliphatic heterocycles. The molecule has 0 N–H and O–H groups in total. The minimum absolute atomic E-state index is 0.173. The molecule has 0 aromatic carbocycles. The molecule has 0 saturated heterocycles. The molecule has 0 nitrogen and oxygen atoms in total. The second-order valence-corrected chi connectivity index (χ2v) is 4.70. The molecule has 2 heteroatoms. The molecule has 1 spiro atoms. The van der Waals surface area contributed by atoms with Crippen LogP contribution in [0.25, 0.3) is 0 Å². The molecule has 2 atom stereocenters. The second kappa shape index (κ2) is 2.43. The zero-order valence-electron chi connectivity index (χ0n) is 7.58. The lowest BCUT2D eigenvalue weighted by molar-refractivity contribution is 0.0572. The van der Waals surface area contributed by atoms with Crippen molar-refractivity contribution >= 4 is 0 Å². The first kappa shape index (κ1) is 8.46. The number of rotatable bonds is 0. The molecule has 2 rings (SSSR count). The zero-order chi connectivity index (χ0) is 8.82. The van der Waals surface area contributed by atoms with Gasteiger partial charge in [-0.25, -0.2) is 8.78 Å². The van der Waals surface area contributed by atoms with Crippen LogP contribution in [-0.4, -0.2) is 5.92 Å². The van der Waals surface area contributed by atoms with Crippen molar-refractivity contribution in [3.8, 4) is 0 Å². The minimum atomic E-state index is -2.31. The first-order chi connectivity index (χ1) is 5.56. The van der Waals surface area contributed by atoms with Crippen LogP contribution in [0.1, 0.15) is 45.4 Å². The maximum atomic E-state index is 13.0. The molecule has 0 bridgehead atoms. The van der Waals surface area contributed by atoms with Crippen LogP contribution in [0, 0.1) is 11.3 Å². The first-order valence-corrected chi connectivity index (χ1v) is 4.94. The smallest absolute Gasteiger partial charge is 0.206 e. The third-order valence-electron chi connectivity index (χ3n) is 3.68. The van der Waals surface area contributed by atoms with Gasteiger partial charge in [0.15, 0.2) is 0 Å². The quantitative estimate of drug-likeness (QED) is 0.526. The number of hydrogen-bond donors (Lipinski definition) is 0. The molecule has 2 unspecified atom stereocenters. The molecule has 70 valence electrons. The predicted molar refractivity (Wildman–Crippen MR) is 44.2 cm³/mol. The van der Waals surface area contributed by atoms with Crippen molar-refractivity contribution in [3.63, 3.8) is 0 Å². The SMILES string of the molecule is CC1CCCC2(CC1)CC2(F)F. The van der Waals surface area contributed by atoms with E-state index in [1.807, 2.05) is 0 Å². The Morgan fingerprint density at radius 1 is 1.17 bits per heavy atom. The highest BCUT2D eigenvalue weighted by Crippen LogP contribution is 2.66. The van der Waals surface area contributed by atoms with E-state index < -0.39 is 11.3 Å². The van der Waals surface area contributed by atoms with Crippen LogP contribution in [0.15, 0.2) is 0 Å². The fraction of sp³-hybridized carbons (Fsp3) is 1.00. The van der Waals surface area contributed by atoms with Crippen LogP contribution >= 0.6 is 0 Å². The Balaban J connectivity index is 2.01. The van der Waals surface area contributed by atoms with Gasteiger partial charge in [0.05, 0.1) is 0 Å². The molecule has 2 fully saturated rings. The third-order valence-corrected chi connectivity index (χ3v) is 3.68. The molecule has 0 amide bonds. The van der Waals surface area contributed by atoms with Crippen molar-refractivity contribution < 1.29 is 8.78 Å². The first-order valence-electron chi connectivity index (χ1n) is 4.94. The summed E-state index contributed by atoms with van der Waals surface area (Å²) < 4.78 is 26.0. The van der Waals surface area contributed by atoms with Crippen LogP contribution in [-0.2, 0) is 0 Å². The summed E-state index contributed by atoms with van der Waals surface area (Å²) in [5, 5.41) is 0. The van der Waals surface area contributed by atoms with Gasteiger partial charge in [0.1, 0.15) is 0 Å². The van der Waals surface area contributed by atoms with Crippen molar-refractivity contribution in [1.29, 1.82) is 0 Å². The summed E-state index contributed by atoms with van der Waals surface area (Å²) in [6.07, 6.45) is 4.88. The third kappa shape index (κ3) is 1.16. The van der Waals surface area contributed by atoms with Gasteiger partial charge in [-0.15, -0.1) is 0 Å². The van der Waals surface area contributed by atoms with E-state index >= 15 is 0 Å². The maximum Gasteiger partial charge on any atom is 0.254 e. The van der Waals surface area contributed by atoms with Gasteiger partial charge in [-0.05, 0) is 25.2 Å². The van der Waals surface area contributed by atoms with E-state index in [1.165, 1.54) is 0 Å². The maximum absolute atomic E-state index is 13.0. The van der Waals surface area contributed by atoms with E-state index in [4.69, 9.17) is 0 Å². The Labute approximate surface area is 72.3 Å². The number of alkyl halides is 2. The highest BCUT2D eigenvalue weighted by atomic mass is 19.3. The Morgan fingerprint density at radius 3 is 2.42 bits per heavy atom. The van der Waals surface area contributed by atoms with E-state index in [1.54, 1.807) is 0 Å². The van der Waals surface area contributed by atoms with E-state index in [0.29, 0.717) is 5.92 Å². The average Bonchev–Trinajstić information content (AvgIpc) is 2.55. The van der Waals surface area contributed by atoms with E-state index in [9.17, 15) is 8.78 Å². The largest absolute Gasteiger partial charge is 0.254 e. The Kier molecular flexibility index (Phi) is 1.71. The van der Waals surface area contributed by atoms with Crippen LogP contribution in [0.4, 0.5) is 8.78 Å². The molecule has 0 radical (unpaired) electrons. The van der Waals surface area contributed by atoms with Gasteiger partial charge >= 0.3 is 0 Å². The van der Waals surface area contributed by atoms with E-state index in [2.05, 4.69) is 6.92 Å². The molecule has 2 saturated carbocycles. The van der Waals surface area contributed by atoms with Crippen LogP contribution in [0.3, 0.4) is 0 Å². The zero-order valence-corrected chi connectivity index (χ0v) is 7.58. The van der Waals surface area contributed by atoms with Gasteiger partial charge in [-0.1, -0.05) is 19.8 Å². The lowest BCUT2D eigenvalue weighted by atomic mass is 9.95. The topological polar surface area (TPSA) is 0 Å². The molecule has 2 aliphatic rings. The predicted octanol–water partition coefficient (Wildman–Crippen LogP) is 3.61. The van der Waals surface area contributed by atoms with Gasteiger partial charge in [0, 0.05) is 11.8 Å². The second-order valence-electron chi connectivity index (χ2n) is 4.70. The highest BCUT2D eigenvalue weighted by Gasteiger charge is 2.69. The van der Waals surface area contributed by atoms with Gasteiger partial charge in [0.2, 0.25) is 0 Å².